The normalized spacial score (nSPS) is 17.4. The fraction of sp³-hybridized carbons (Fsp3) is 0.500. The third-order valence-corrected chi connectivity index (χ3v) is 3.36. The van der Waals surface area contributed by atoms with Gasteiger partial charge in [0.05, 0.1) is 11.1 Å². The lowest BCUT2D eigenvalue weighted by molar-refractivity contribution is 0.0497. The molecule has 0 atom stereocenters. The Kier molecular flexibility index (Phi) is 4.18. The van der Waals surface area contributed by atoms with Crippen molar-refractivity contribution in [3.8, 4) is 5.75 Å². The average molecular weight is 289 g/mol. The number of rotatable bonds is 3. The predicted octanol–water partition coefficient (Wildman–Crippen LogP) is 3.39. The third kappa shape index (κ3) is 3.19. The molecule has 4 heteroatoms. The average Bonchev–Trinajstić information content (AvgIpc) is 2.32. The van der Waals surface area contributed by atoms with E-state index in [9.17, 15) is 4.39 Å². The predicted molar refractivity (Wildman–Crippen MR) is 63.1 cm³/mol. The first kappa shape index (κ1) is 11.9. The fourth-order valence-corrected chi connectivity index (χ4v) is 1.94. The van der Waals surface area contributed by atoms with Crippen molar-refractivity contribution in [3.63, 3.8) is 0 Å². The first-order valence-corrected chi connectivity index (χ1v) is 6.20. The van der Waals surface area contributed by atoms with Crippen LogP contribution in [-0.2, 0) is 4.74 Å². The third-order valence-electron chi connectivity index (χ3n) is 2.72. The van der Waals surface area contributed by atoms with Gasteiger partial charge in [-0.05, 0) is 46.8 Å². The van der Waals surface area contributed by atoms with Gasteiger partial charge in [0.2, 0.25) is 0 Å². The lowest BCUT2D eigenvalue weighted by Crippen LogP contribution is -2.21. The van der Waals surface area contributed by atoms with Crippen LogP contribution in [0.2, 0.25) is 0 Å². The molecule has 0 aromatic heterocycles. The summed E-state index contributed by atoms with van der Waals surface area (Å²) in [6, 6.07) is 4.84. The van der Waals surface area contributed by atoms with Gasteiger partial charge >= 0.3 is 0 Å². The Morgan fingerprint density at radius 2 is 2.12 bits per heavy atom. The summed E-state index contributed by atoms with van der Waals surface area (Å²) in [6.45, 7) is 2.26. The van der Waals surface area contributed by atoms with Crippen molar-refractivity contribution in [3.05, 3.63) is 28.5 Å². The minimum Gasteiger partial charge on any atom is -0.493 e. The zero-order valence-corrected chi connectivity index (χ0v) is 10.5. The molecule has 1 aliphatic rings. The molecule has 0 amide bonds. The highest BCUT2D eigenvalue weighted by molar-refractivity contribution is 9.10. The summed E-state index contributed by atoms with van der Waals surface area (Å²) in [5.41, 5.74) is 0. The van der Waals surface area contributed by atoms with Gasteiger partial charge in [-0.25, -0.2) is 4.39 Å². The summed E-state index contributed by atoms with van der Waals surface area (Å²) < 4.78 is 24.5. The summed E-state index contributed by atoms with van der Waals surface area (Å²) in [4.78, 5) is 0. The minimum atomic E-state index is -0.288. The van der Waals surface area contributed by atoms with Crippen LogP contribution in [0.25, 0.3) is 0 Å². The van der Waals surface area contributed by atoms with Crippen LogP contribution in [-0.4, -0.2) is 19.8 Å². The Balaban J connectivity index is 1.86. The van der Waals surface area contributed by atoms with Crippen LogP contribution in [0.5, 0.6) is 5.75 Å². The van der Waals surface area contributed by atoms with Crippen LogP contribution >= 0.6 is 15.9 Å². The van der Waals surface area contributed by atoms with Gasteiger partial charge in [0.15, 0.2) is 0 Å². The van der Waals surface area contributed by atoms with Gasteiger partial charge in [-0.15, -0.1) is 0 Å². The summed E-state index contributed by atoms with van der Waals surface area (Å²) in [6.07, 6.45) is 2.05. The maximum Gasteiger partial charge on any atom is 0.141 e. The molecule has 0 unspecified atom stereocenters. The van der Waals surface area contributed by atoms with Crippen molar-refractivity contribution < 1.29 is 13.9 Å². The molecule has 1 aromatic carbocycles. The molecule has 0 saturated carbocycles. The van der Waals surface area contributed by atoms with E-state index in [0.29, 0.717) is 22.7 Å². The molecule has 0 radical (unpaired) electrons. The minimum absolute atomic E-state index is 0.288. The largest absolute Gasteiger partial charge is 0.493 e. The molecule has 1 aromatic rings. The Bertz CT molecular complexity index is 351. The Morgan fingerprint density at radius 1 is 1.38 bits per heavy atom. The van der Waals surface area contributed by atoms with Crippen LogP contribution in [0.3, 0.4) is 0 Å². The Hall–Kier alpha value is -0.610. The van der Waals surface area contributed by atoms with E-state index in [1.165, 1.54) is 6.07 Å². The van der Waals surface area contributed by atoms with Crippen LogP contribution in [0.1, 0.15) is 12.8 Å². The highest BCUT2D eigenvalue weighted by Crippen LogP contribution is 2.22. The van der Waals surface area contributed by atoms with Crippen molar-refractivity contribution in [2.45, 2.75) is 12.8 Å². The Morgan fingerprint density at radius 3 is 2.81 bits per heavy atom. The lowest BCUT2D eigenvalue weighted by Gasteiger charge is -2.22. The van der Waals surface area contributed by atoms with E-state index >= 15 is 0 Å². The summed E-state index contributed by atoms with van der Waals surface area (Å²) in [5.74, 6) is 0.831. The summed E-state index contributed by atoms with van der Waals surface area (Å²) in [5, 5.41) is 0. The lowest BCUT2D eigenvalue weighted by atomic mass is 10.0. The van der Waals surface area contributed by atoms with Gasteiger partial charge in [0.25, 0.3) is 0 Å². The second kappa shape index (κ2) is 5.64. The molecule has 0 bridgehead atoms. The molecular formula is C12H14BrFO2. The van der Waals surface area contributed by atoms with E-state index in [1.807, 2.05) is 0 Å². The number of hydrogen-bond acceptors (Lipinski definition) is 2. The van der Waals surface area contributed by atoms with Crippen LogP contribution < -0.4 is 4.74 Å². The van der Waals surface area contributed by atoms with Gasteiger partial charge in [-0.2, -0.15) is 0 Å². The topological polar surface area (TPSA) is 18.5 Å². The molecule has 2 nitrogen and oxygen atoms in total. The Labute approximate surface area is 103 Å². The van der Waals surface area contributed by atoms with Gasteiger partial charge < -0.3 is 9.47 Å². The first-order valence-electron chi connectivity index (χ1n) is 5.41. The van der Waals surface area contributed by atoms with Crippen LogP contribution in [0, 0.1) is 11.7 Å². The van der Waals surface area contributed by atoms with Crippen molar-refractivity contribution in [2.75, 3.05) is 19.8 Å². The second-order valence-electron chi connectivity index (χ2n) is 3.94. The number of benzene rings is 1. The van der Waals surface area contributed by atoms with E-state index in [-0.39, 0.29) is 5.82 Å². The molecule has 1 aliphatic heterocycles. The molecule has 1 heterocycles. The number of hydrogen-bond donors (Lipinski definition) is 0. The molecule has 2 rings (SSSR count). The van der Waals surface area contributed by atoms with Gasteiger partial charge in [-0.1, -0.05) is 0 Å². The summed E-state index contributed by atoms with van der Waals surface area (Å²) in [7, 11) is 0. The molecule has 16 heavy (non-hydrogen) atoms. The molecule has 88 valence electrons. The molecular weight excluding hydrogens is 275 g/mol. The second-order valence-corrected chi connectivity index (χ2v) is 4.80. The first-order chi connectivity index (χ1) is 7.75. The number of ether oxygens (including phenoxy) is 2. The zero-order valence-electron chi connectivity index (χ0n) is 8.92. The zero-order chi connectivity index (χ0) is 11.4. The van der Waals surface area contributed by atoms with E-state index in [0.717, 1.165) is 26.1 Å². The maximum atomic E-state index is 13.2. The van der Waals surface area contributed by atoms with Crippen LogP contribution in [0.15, 0.2) is 22.7 Å². The van der Waals surface area contributed by atoms with Crippen molar-refractivity contribution in [2.24, 2.45) is 5.92 Å². The molecule has 1 fully saturated rings. The molecule has 1 saturated heterocycles. The maximum absolute atomic E-state index is 13.2. The molecule has 0 aliphatic carbocycles. The van der Waals surface area contributed by atoms with Gasteiger partial charge in [-0.3, -0.25) is 0 Å². The highest BCUT2D eigenvalue weighted by atomic mass is 79.9. The fourth-order valence-electron chi connectivity index (χ4n) is 1.69. The summed E-state index contributed by atoms with van der Waals surface area (Å²) >= 11 is 3.11. The van der Waals surface area contributed by atoms with Crippen molar-refractivity contribution >= 4 is 15.9 Å². The van der Waals surface area contributed by atoms with E-state index in [2.05, 4.69) is 15.9 Å². The van der Waals surface area contributed by atoms with E-state index < -0.39 is 0 Å². The van der Waals surface area contributed by atoms with Gasteiger partial charge in [0.1, 0.15) is 11.6 Å². The highest BCUT2D eigenvalue weighted by Gasteiger charge is 2.14. The monoisotopic (exact) mass is 288 g/mol. The molecule has 0 spiro atoms. The van der Waals surface area contributed by atoms with Crippen molar-refractivity contribution in [1.29, 1.82) is 0 Å². The smallest absolute Gasteiger partial charge is 0.141 e. The van der Waals surface area contributed by atoms with Crippen LogP contribution in [0.4, 0.5) is 4.39 Å². The quantitative estimate of drug-likeness (QED) is 0.849. The SMILES string of the molecule is Fc1cc(OCC2CCOCC2)ccc1Br. The standard InChI is InChI=1S/C12H14BrFO2/c13-11-2-1-10(7-12(11)14)16-8-9-3-5-15-6-4-9/h1-2,7,9H,3-6,8H2. The van der Waals surface area contributed by atoms with E-state index in [1.54, 1.807) is 12.1 Å². The van der Waals surface area contributed by atoms with Gasteiger partial charge in [0, 0.05) is 19.3 Å². The number of halogens is 2. The van der Waals surface area contributed by atoms with E-state index in [4.69, 9.17) is 9.47 Å². The molecule has 0 N–H and O–H groups in total. The van der Waals surface area contributed by atoms with Crippen molar-refractivity contribution in [1.82, 2.24) is 0 Å².